The second-order valence-corrected chi connectivity index (χ2v) is 9.94. The minimum Gasteiger partial charge on any atom is -0.477 e. The molecule has 0 spiro atoms. The van der Waals surface area contributed by atoms with Gasteiger partial charge in [0.25, 0.3) is 0 Å². The molecule has 4 aliphatic rings. The number of carboxylic acids is 1. The Morgan fingerprint density at radius 3 is 2.69 bits per heavy atom. The molecule has 29 heavy (non-hydrogen) atoms. The number of nitrogens with one attached hydrogen (secondary N) is 2. The summed E-state index contributed by atoms with van der Waals surface area (Å²) in [6.07, 6.45) is 1.56. The van der Waals surface area contributed by atoms with E-state index in [-0.39, 0.29) is 47.4 Å². The maximum Gasteiger partial charge on any atom is 0.353 e. The number of fused-ring (bicyclic) bond motifs is 1. The molecule has 4 aliphatic heterocycles. The van der Waals surface area contributed by atoms with Crippen molar-refractivity contribution in [2.24, 2.45) is 5.92 Å². The van der Waals surface area contributed by atoms with Gasteiger partial charge in [-0.05, 0) is 12.8 Å². The van der Waals surface area contributed by atoms with Gasteiger partial charge in [-0.15, -0.1) is 11.8 Å². The molecule has 3 saturated heterocycles. The highest BCUT2D eigenvalue weighted by Crippen LogP contribution is 2.48. The number of aliphatic carboxylic acids is 1. The summed E-state index contributed by atoms with van der Waals surface area (Å²) in [7, 11) is 1.99. The number of amides is 2. The Kier molecular flexibility index (Phi) is 5.73. The minimum absolute atomic E-state index is 0.0749. The number of hydrogen-bond acceptors (Lipinski definition) is 7. The van der Waals surface area contributed by atoms with Crippen LogP contribution in [0.4, 0.5) is 0 Å². The number of carbonyl (C=O) groups excluding carboxylic acids is 2. The lowest BCUT2D eigenvalue weighted by atomic mass is 9.85. The van der Waals surface area contributed by atoms with Crippen LogP contribution in [0.1, 0.15) is 19.3 Å². The predicted octanol–water partition coefficient (Wildman–Crippen LogP) is -1.06. The minimum atomic E-state index is -1.08. The van der Waals surface area contributed by atoms with E-state index in [0.29, 0.717) is 30.3 Å². The van der Waals surface area contributed by atoms with Gasteiger partial charge in [0, 0.05) is 42.8 Å². The molecule has 4 heterocycles. The summed E-state index contributed by atoms with van der Waals surface area (Å²) in [5, 5.41) is 25.6. The highest BCUT2D eigenvalue weighted by molar-refractivity contribution is 8.03. The van der Waals surface area contributed by atoms with Crippen molar-refractivity contribution in [3.8, 4) is 0 Å². The Balaban J connectivity index is 1.41. The van der Waals surface area contributed by atoms with Gasteiger partial charge in [0.1, 0.15) is 11.7 Å². The number of aliphatic hydroxyl groups excluding tert-OH is 1. The summed E-state index contributed by atoms with van der Waals surface area (Å²) in [4.78, 5) is 39.3. The molecule has 3 fully saturated rings. The van der Waals surface area contributed by atoms with E-state index in [0.717, 1.165) is 31.1 Å². The number of carboxylic acid groups (broad SMARTS) is 1. The van der Waals surface area contributed by atoms with E-state index in [4.69, 9.17) is 5.11 Å². The van der Waals surface area contributed by atoms with Crippen LogP contribution in [0.2, 0.25) is 0 Å². The van der Waals surface area contributed by atoms with Gasteiger partial charge in [-0.3, -0.25) is 9.28 Å². The normalized spacial score (nSPS) is 33.6. The van der Waals surface area contributed by atoms with Gasteiger partial charge in [-0.25, -0.2) is 9.59 Å². The lowest BCUT2D eigenvalue weighted by Gasteiger charge is -2.43. The average Bonchev–Trinajstić information content (AvgIpc) is 3.29. The summed E-state index contributed by atoms with van der Waals surface area (Å²) < 4.78 is 0.429. The predicted molar refractivity (Wildman–Crippen MR) is 107 cm³/mol. The molecule has 0 radical (unpaired) electrons. The van der Waals surface area contributed by atoms with Crippen LogP contribution in [0, 0.1) is 5.92 Å². The number of carbonyl (C=O) groups is 3. The number of likely N-dealkylation sites (N-methyl/N-ethyl adjacent to an activating group) is 1. The second kappa shape index (κ2) is 7.99. The van der Waals surface area contributed by atoms with Gasteiger partial charge in [0.05, 0.1) is 32.1 Å². The van der Waals surface area contributed by atoms with Crippen LogP contribution in [0.15, 0.2) is 10.6 Å². The largest absolute Gasteiger partial charge is 0.477 e. The Hall–Kier alpha value is -1.46. The molecule has 2 amide bonds. The molecule has 4 atom stereocenters. The molecule has 4 N–H and O–H groups in total. The molecule has 3 unspecified atom stereocenters. The van der Waals surface area contributed by atoms with Crippen LogP contribution in [0.5, 0.6) is 0 Å². The number of rotatable bonds is 6. The van der Waals surface area contributed by atoms with Crippen LogP contribution < -0.4 is 10.6 Å². The number of aliphatic hydroxyl groups is 1. The fourth-order valence-electron chi connectivity index (χ4n) is 4.98. The van der Waals surface area contributed by atoms with Crippen LogP contribution in [0.25, 0.3) is 0 Å². The number of thioether (sulfide) groups is 1. The number of β-lactam (4-membered cyclic amide) rings is 1. The van der Waals surface area contributed by atoms with Crippen LogP contribution >= 0.6 is 11.8 Å². The van der Waals surface area contributed by atoms with Crippen LogP contribution in [-0.4, -0.2) is 101 Å². The summed E-state index contributed by atoms with van der Waals surface area (Å²) in [5.74, 6) is -1.37. The fraction of sp³-hybridized carbons (Fsp3) is 0.737. The summed E-state index contributed by atoms with van der Waals surface area (Å²) in [5.41, 5.74) is 0.0927. The zero-order chi connectivity index (χ0) is 20.8. The van der Waals surface area contributed by atoms with Gasteiger partial charge < -0.3 is 25.7 Å². The summed E-state index contributed by atoms with van der Waals surface area (Å²) in [6, 6.07) is -0.368. The third kappa shape index (κ3) is 3.61. The second-order valence-electron chi connectivity index (χ2n) is 8.54. The highest BCUT2D eigenvalue weighted by Gasteiger charge is 2.55. The average molecular weight is 426 g/mol. The molecular formula is C19H29N4O5S+. The molecule has 0 aromatic heterocycles. The van der Waals surface area contributed by atoms with E-state index >= 15 is 0 Å². The van der Waals surface area contributed by atoms with Gasteiger partial charge in [-0.2, -0.15) is 0 Å². The van der Waals surface area contributed by atoms with Gasteiger partial charge in [-0.1, -0.05) is 0 Å². The Labute approximate surface area is 174 Å². The first kappa shape index (κ1) is 20.8. The zero-order valence-electron chi connectivity index (χ0n) is 16.6. The van der Waals surface area contributed by atoms with Crippen LogP contribution in [-0.2, 0) is 14.4 Å². The fourth-order valence-corrected chi connectivity index (χ4v) is 6.42. The molecule has 0 aliphatic carbocycles. The van der Waals surface area contributed by atoms with E-state index in [1.165, 1.54) is 16.7 Å². The molecule has 0 bridgehead atoms. The SMILES string of the molecule is C[N+]1(C(=O)C2CC(SC3=C(C(=O)O)N4C(=O)C(CCO)[C@H]4C3)CN2)CCNCC1. The van der Waals surface area contributed by atoms with Crippen molar-refractivity contribution in [2.45, 2.75) is 36.6 Å². The van der Waals surface area contributed by atoms with Crippen molar-refractivity contribution in [1.29, 1.82) is 0 Å². The summed E-state index contributed by atoms with van der Waals surface area (Å²) in [6.45, 7) is 3.82. The number of piperazine rings is 1. The van der Waals surface area contributed by atoms with Crippen molar-refractivity contribution in [3.63, 3.8) is 0 Å². The first-order chi connectivity index (χ1) is 13.9. The maximum atomic E-state index is 13.0. The van der Waals surface area contributed by atoms with E-state index < -0.39 is 5.97 Å². The molecular weight excluding hydrogens is 396 g/mol. The zero-order valence-corrected chi connectivity index (χ0v) is 17.4. The van der Waals surface area contributed by atoms with Gasteiger partial charge >= 0.3 is 11.9 Å². The van der Waals surface area contributed by atoms with Crippen LogP contribution in [0.3, 0.4) is 0 Å². The Morgan fingerprint density at radius 1 is 1.31 bits per heavy atom. The smallest absolute Gasteiger partial charge is 0.353 e. The molecule has 0 aromatic rings. The van der Waals surface area contributed by atoms with E-state index in [1.807, 2.05) is 7.05 Å². The Morgan fingerprint density at radius 2 is 2.03 bits per heavy atom. The topological polar surface area (TPSA) is 119 Å². The molecule has 9 nitrogen and oxygen atoms in total. The quantitative estimate of drug-likeness (QED) is 0.314. The Bertz CT molecular complexity index is 751. The van der Waals surface area contributed by atoms with E-state index in [1.54, 1.807) is 0 Å². The number of nitrogens with zero attached hydrogens (tertiary/aromatic N) is 2. The van der Waals surface area contributed by atoms with Gasteiger partial charge in [0.2, 0.25) is 5.91 Å². The monoisotopic (exact) mass is 425 g/mol. The first-order valence-electron chi connectivity index (χ1n) is 10.3. The molecule has 10 heteroatoms. The summed E-state index contributed by atoms with van der Waals surface area (Å²) >= 11 is 1.50. The lowest BCUT2D eigenvalue weighted by molar-refractivity contribution is -0.837. The standard InChI is InChI=1S/C19H28N4O5S/c1-23(5-3-20-4-6-23)18(26)13-8-11(10-21-13)29-15-9-14-12(2-7-24)17(25)22(14)16(15)19(27)28/h11-14,20-21,24H,2-10H2,1H3/p+1/t11?,12?,13?,14-/m1/s1. The number of hydrogen-bond donors (Lipinski definition) is 4. The number of quaternary nitrogens is 1. The maximum absolute atomic E-state index is 13.0. The third-order valence-electron chi connectivity index (χ3n) is 6.69. The van der Waals surface area contributed by atoms with Gasteiger partial charge in [0.15, 0.2) is 0 Å². The van der Waals surface area contributed by atoms with E-state index in [9.17, 15) is 19.5 Å². The first-order valence-corrected chi connectivity index (χ1v) is 11.1. The molecule has 160 valence electrons. The van der Waals surface area contributed by atoms with Crippen molar-refractivity contribution >= 4 is 29.5 Å². The van der Waals surface area contributed by atoms with Crippen molar-refractivity contribution < 1.29 is 29.1 Å². The van der Waals surface area contributed by atoms with Crippen molar-refractivity contribution in [1.82, 2.24) is 15.5 Å². The molecule has 0 aromatic carbocycles. The third-order valence-corrected chi connectivity index (χ3v) is 8.02. The molecule has 4 rings (SSSR count). The van der Waals surface area contributed by atoms with Crippen molar-refractivity contribution in [2.75, 3.05) is 46.4 Å². The van der Waals surface area contributed by atoms with E-state index in [2.05, 4.69) is 10.6 Å². The lowest BCUT2D eigenvalue weighted by Crippen LogP contribution is -2.63. The molecule has 0 saturated carbocycles. The highest BCUT2D eigenvalue weighted by atomic mass is 32.2. The van der Waals surface area contributed by atoms with Crippen molar-refractivity contribution in [3.05, 3.63) is 10.6 Å².